The zero-order chi connectivity index (χ0) is 15.2. The van der Waals surface area contributed by atoms with E-state index in [1.165, 1.54) is 28.9 Å². The highest BCUT2D eigenvalue weighted by atomic mass is 16.7. The molecule has 0 aromatic heterocycles. The van der Waals surface area contributed by atoms with Crippen LogP contribution in [-0.4, -0.2) is 80.5 Å². The zero-order valence-electron chi connectivity index (χ0n) is 12.5. The summed E-state index contributed by atoms with van der Waals surface area (Å²) in [4.78, 5) is 30.5. The summed E-state index contributed by atoms with van der Waals surface area (Å²) in [6.45, 7) is 1.61. The van der Waals surface area contributed by atoms with E-state index in [2.05, 4.69) is 15.1 Å². The minimum absolute atomic E-state index is 0.0195. The van der Waals surface area contributed by atoms with Crippen LogP contribution < -0.4 is 0 Å². The van der Waals surface area contributed by atoms with Crippen molar-refractivity contribution in [3.63, 3.8) is 0 Å². The Balaban J connectivity index is 5.24. The third-order valence-corrected chi connectivity index (χ3v) is 1.88. The van der Waals surface area contributed by atoms with E-state index >= 15 is 0 Å². The van der Waals surface area contributed by atoms with Gasteiger partial charge in [0.25, 0.3) is 5.91 Å². The molecule has 0 saturated carbocycles. The maximum atomic E-state index is 11.9. The van der Waals surface area contributed by atoms with E-state index < -0.39 is 12.0 Å². The van der Waals surface area contributed by atoms with Gasteiger partial charge in [-0.25, -0.2) is 4.79 Å². The van der Waals surface area contributed by atoms with Crippen LogP contribution in [0.3, 0.4) is 0 Å². The number of nitrogens with zero attached hydrogens (tertiary/aromatic N) is 5. The third-order valence-electron chi connectivity index (χ3n) is 1.88. The van der Waals surface area contributed by atoms with Gasteiger partial charge < -0.3 is 14.8 Å². The Bertz CT molecular complexity index is 399. The van der Waals surface area contributed by atoms with Gasteiger partial charge in [0, 0.05) is 42.3 Å². The smallest absolute Gasteiger partial charge is 0.343 e. The molecule has 0 fully saturated rings. The molecule has 0 heterocycles. The fourth-order valence-electron chi connectivity index (χ4n) is 0.985. The van der Waals surface area contributed by atoms with Crippen molar-refractivity contribution in [2.24, 2.45) is 10.3 Å². The number of hydrazone groups is 1. The number of carbonyl (C=O) groups excluding carboxylic acids is 2. The summed E-state index contributed by atoms with van der Waals surface area (Å²) in [6, 6.07) is 0. The molecule has 0 aliphatic rings. The second-order valence-electron chi connectivity index (χ2n) is 4.42. The molecule has 0 radical (unpaired) electrons. The summed E-state index contributed by atoms with van der Waals surface area (Å²) in [5.74, 6) is -0.394. The SMILES string of the molecule is CC(=N\N(C)C)/C(=N/OC(=O)N(C)C)C(=O)N(C)C. The summed E-state index contributed by atoms with van der Waals surface area (Å²) in [7, 11) is 9.63. The highest BCUT2D eigenvalue weighted by Gasteiger charge is 2.19. The van der Waals surface area contributed by atoms with Crippen LogP contribution in [-0.2, 0) is 9.63 Å². The molecule has 0 aliphatic carbocycles. The molecule has 0 spiro atoms. The molecule has 0 N–H and O–H groups in total. The summed E-state index contributed by atoms with van der Waals surface area (Å²) >= 11 is 0. The number of rotatable bonds is 4. The Labute approximate surface area is 113 Å². The molecule has 0 saturated heterocycles. The fraction of sp³-hybridized carbons (Fsp3) is 0.636. The van der Waals surface area contributed by atoms with Gasteiger partial charge in [-0.3, -0.25) is 9.63 Å². The van der Waals surface area contributed by atoms with Crippen molar-refractivity contribution in [3.8, 4) is 0 Å². The average molecular weight is 271 g/mol. The first-order valence-electron chi connectivity index (χ1n) is 5.57. The molecule has 0 aliphatic heterocycles. The lowest BCUT2D eigenvalue weighted by Gasteiger charge is -2.14. The predicted octanol–water partition coefficient (Wildman–Crippen LogP) is 0.0663. The van der Waals surface area contributed by atoms with Gasteiger partial charge in [0.05, 0.1) is 5.71 Å². The lowest BCUT2D eigenvalue weighted by atomic mass is 10.2. The quantitative estimate of drug-likeness (QED) is 0.412. The number of oxime groups is 1. The summed E-state index contributed by atoms with van der Waals surface area (Å²) in [5.41, 5.74) is 0.337. The second kappa shape index (κ2) is 7.34. The van der Waals surface area contributed by atoms with E-state index in [1.807, 2.05) is 0 Å². The molecule has 2 amide bonds. The summed E-state index contributed by atoms with van der Waals surface area (Å²) < 4.78 is 0. The maximum Gasteiger partial charge on any atom is 0.435 e. The molecule has 0 aromatic rings. The monoisotopic (exact) mass is 271 g/mol. The summed E-state index contributed by atoms with van der Waals surface area (Å²) in [5, 5.41) is 9.20. The molecule has 0 rings (SSSR count). The van der Waals surface area contributed by atoms with E-state index in [9.17, 15) is 9.59 Å². The standard InChI is InChI=1S/C11H21N5O3/c1-8(12-16(6)7)9(10(17)14(2)3)13-19-11(18)15(4)5/h1-7H3/b12-8+,13-9-. The molecule has 0 unspecified atom stereocenters. The Hall–Kier alpha value is -2.12. The molecule has 19 heavy (non-hydrogen) atoms. The topological polar surface area (TPSA) is 77.8 Å². The van der Waals surface area contributed by atoms with E-state index in [-0.39, 0.29) is 5.71 Å². The molecular formula is C11H21N5O3. The van der Waals surface area contributed by atoms with Crippen LogP contribution in [0.4, 0.5) is 4.79 Å². The van der Waals surface area contributed by atoms with Gasteiger partial charge in [0.15, 0.2) is 5.71 Å². The lowest BCUT2D eigenvalue weighted by molar-refractivity contribution is -0.121. The molecule has 8 heteroatoms. The predicted molar refractivity (Wildman–Crippen MR) is 73.1 cm³/mol. The van der Waals surface area contributed by atoms with Crippen molar-refractivity contribution >= 4 is 23.4 Å². The average Bonchev–Trinajstić information content (AvgIpc) is 2.27. The second-order valence-corrected chi connectivity index (χ2v) is 4.42. The van der Waals surface area contributed by atoms with Crippen molar-refractivity contribution in [3.05, 3.63) is 0 Å². The highest BCUT2D eigenvalue weighted by molar-refractivity contribution is 6.66. The van der Waals surface area contributed by atoms with Crippen molar-refractivity contribution in [1.29, 1.82) is 0 Å². The van der Waals surface area contributed by atoms with E-state index in [0.717, 1.165) is 0 Å². The first-order chi connectivity index (χ1) is 8.66. The van der Waals surface area contributed by atoms with Crippen LogP contribution in [0.5, 0.6) is 0 Å². The van der Waals surface area contributed by atoms with Crippen molar-refractivity contribution in [2.75, 3.05) is 42.3 Å². The number of amides is 2. The Morgan fingerprint density at radius 2 is 1.47 bits per heavy atom. The van der Waals surface area contributed by atoms with Crippen LogP contribution in [0.25, 0.3) is 0 Å². The van der Waals surface area contributed by atoms with Gasteiger partial charge in [-0.2, -0.15) is 5.10 Å². The number of hydrogen-bond acceptors (Lipinski definition) is 6. The zero-order valence-corrected chi connectivity index (χ0v) is 12.5. The fourth-order valence-corrected chi connectivity index (χ4v) is 0.985. The van der Waals surface area contributed by atoms with Crippen molar-refractivity contribution in [1.82, 2.24) is 14.8 Å². The normalized spacial score (nSPS) is 11.9. The maximum absolute atomic E-state index is 11.9. The molecular weight excluding hydrogens is 250 g/mol. The van der Waals surface area contributed by atoms with Gasteiger partial charge >= 0.3 is 6.09 Å². The van der Waals surface area contributed by atoms with E-state index in [1.54, 1.807) is 35.1 Å². The largest absolute Gasteiger partial charge is 0.435 e. The van der Waals surface area contributed by atoms with Gasteiger partial charge in [-0.1, -0.05) is 5.16 Å². The van der Waals surface area contributed by atoms with Crippen LogP contribution in [0.15, 0.2) is 10.3 Å². The lowest BCUT2D eigenvalue weighted by Crippen LogP contribution is -2.35. The minimum atomic E-state index is -0.665. The van der Waals surface area contributed by atoms with Crippen molar-refractivity contribution in [2.45, 2.75) is 6.92 Å². The summed E-state index contributed by atoms with van der Waals surface area (Å²) in [6.07, 6.45) is -0.665. The minimum Gasteiger partial charge on any atom is -0.343 e. The van der Waals surface area contributed by atoms with Gasteiger partial charge in [0.1, 0.15) is 0 Å². The highest BCUT2D eigenvalue weighted by Crippen LogP contribution is 1.96. The first-order valence-corrected chi connectivity index (χ1v) is 5.57. The Kier molecular flexibility index (Phi) is 6.53. The molecule has 0 aromatic carbocycles. The Morgan fingerprint density at radius 1 is 0.947 bits per heavy atom. The third kappa shape index (κ3) is 5.84. The Morgan fingerprint density at radius 3 is 1.84 bits per heavy atom. The molecule has 0 bridgehead atoms. The van der Waals surface area contributed by atoms with Gasteiger partial charge in [-0.05, 0) is 6.92 Å². The molecule has 108 valence electrons. The van der Waals surface area contributed by atoms with E-state index in [4.69, 9.17) is 0 Å². The first kappa shape index (κ1) is 16.9. The van der Waals surface area contributed by atoms with Crippen molar-refractivity contribution < 1.29 is 14.4 Å². The molecule has 8 nitrogen and oxygen atoms in total. The number of hydrogen-bond donors (Lipinski definition) is 0. The van der Waals surface area contributed by atoms with Crippen LogP contribution >= 0.6 is 0 Å². The molecule has 0 atom stereocenters. The van der Waals surface area contributed by atoms with Gasteiger partial charge in [0.2, 0.25) is 0 Å². The van der Waals surface area contributed by atoms with Gasteiger partial charge in [-0.15, -0.1) is 0 Å². The van der Waals surface area contributed by atoms with Crippen LogP contribution in [0.2, 0.25) is 0 Å². The van der Waals surface area contributed by atoms with Crippen LogP contribution in [0.1, 0.15) is 6.92 Å². The van der Waals surface area contributed by atoms with E-state index in [0.29, 0.717) is 5.71 Å². The number of carbonyl (C=O) groups is 2. The van der Waals surface area contributed by atoms with Crippen LogP contribution in [0, 0.1) is 0 Å².